The van der Waals surface area contributed by atoms with Crippen LogP contribution in [0.4, 0.5) is 0 Å². The van der Waals surface area contributed by atoms with Crippen molar-refractivity contribution in [2.24, 2.45) is 0 Å². The third kappa shape index (κ3) is 3.21. The van der Waals surface area contributed by atoms with Crippen molar-refractivity contribution in [3.63, 3.8) is 0 Å². The Kier molecular flexibility index (Phi) is 4.35. The molecule has 0 amide bonds. The number of hydrogen-bond donors (Lipinski definition) is 0. The fourth-order valence-corrected chi connectivity index (χ4v) is 2.99. The summed E-state index contributed by atoms with van der Waals surface area (Å²) in [6.45, 7) is 0. The van der Waals surface area contributed by atoms with E-state index < -0.39 is 0 Å². The van der Waals surface area contributed by atoms with Gasteiger partial charge in [-0.3, -0.25) is 0 Å². The molecular weight excluding hydrogens is 288 g/mol. The number of allylic oxidation sites excluding steroid dienone is 2. The molecule has 4 rings (SSSR count). The highest BCUT2D eigenvalue weighted by molar-refractivity contribution is 7.99. The first kappa shape index (κ1) is 13.2. The van der Waals surface area contributed by atoms with E-state index in [-0.39, 0.29) is 0 Å². The molecule has 0 fully saturated rings. The smallest absolute Gasteiger partial charge is 0.141 e. The predicted octanol–water partition coefficient (Wildman–Crippen LogP) is 5.64. The summed E-state index contributed by atoms with van der Waals surface area (Å²) in [5.74, 6) is 1.91. The predicted molar refractivity (Wildman–Crippen MR) is 84.0 cm³/mol. The van der Waals surface area contributed by atoms with Gasteiger partial charge in [0.1, 0.15) is 17.8 Å². The molecule has 2 aliphatic heterocycles. The van der Waals surface area contributed by atoms with Crippen molar-refractivity contribution < 1.29 is 8.92 Å². The zero-order valence-corrected chi connectivity index (χ0v) is 12.2. The molecule has 2 nitrogen and oxygen atoms in total. The minimum absolute atomic E-state index is 0.955. The molecule has 0 atom stereocenters. The third-order valence-corrected chi connectivity index (χ3v) is 4.18. The second-order valence-electron chi connectivity index (χ2n) is 3.95. The van der Waals surface area contributed by atoms with Crippen molar-refractivity contribution in [2.45, 2.75) is 9.79 Å². The molecule has 0 aliphatic carbocycles. The summed E-state index contributed by atoms with van der Waals surface area (Å²) >= 11 is 3.09. The number of para-hydroxylation sites is 2. The maximum absolute atomic E-state index is 5.76. The lowest BCUT2D eigenvalue weighted by molar-refractivity contribution is 0.454. The highest BCUT2D eigenvalue weighted by Gasteiger charge is 2.15. The van der Waals surface area contributed by atoms with Crippen molar-refractivity contribution in [1.29, 1.82) is 0 Å². The Morgan fingerprint density at radius 2 is 1.40 bits per heavy atom. The Bertz CT molecular complexity index is 551. The summed E-state index contributed by atoms with van der Waals surface area (Å²) in [4.78, 5) is 2.37. The fraction of sp³-hybridized carbons (Fsp3) is 0. The van der Waals surface area contributed by atoms with Gasteiger partial charge in [-0.1, -0.05) is 36.0 Å². The van der Waals surface area contributed by atoms with Crippen LogP contribution in [0, 0.1) is 0 Å². The molecule has 2 aliphatic rings. The maximum atomic E-state index is 5.76. The zero-order chi connectivity index (χ0) is 13.6. The van der Waals surface area contributed by atoms with Crippen LogP contribution in [-0.2, 0) is 4.18 Å². The van der Waals surface area contributed by atoms with E-state index in [2.05, 4.69) is 12.1 Å². The molecule has 0 spiro atoms. The first-order valence-electron chi connectivity index (χ1n) is 6.11. The molecule has 2 heterocycles. The van der Waals surface area contributed by atoms with E-state index in [9.17, 15) is 0 Å². The van der Waals surface area contributed by atoms with Crippen LogP contribution in [0.15, 0.2) is 82.1 Å². The van der Waals surface area contributed by atoms with E-state index in [1.807, 2.05) is 54.0 Å². The molecule has 2 aromatic rings. The number of benzene rings is 2. The third-order valence-electron chi connectivity index (χ3n) is 2.57. The van der Waals surface area contributed by atoms with Gasteiger partial charge in [0.2, 0.25) is 0 Å². The van der Waals surface area contributed by atoms with Crippen LogP contribution < -0.4 is 4.74 Å². The van der Waals surface area contributed by atoms with Gasteiger partial charge in [-0.05, 0) is 36.4 Å². The quantitative estimate of drug-likeness (QED) is 0.500. The Morgan fingerprint density at radius 3 is 1.85 bits per heavy atom. The highest BCUT2D eigenvalue weighted by atomic mass is 32.2. The Morgan fingerprint density at radius 1 is 0.750 bits per heavy atom. The zero-order valence-electron chi connectivity index (χ0n) is 10.6. The van der Waals surface area contributed by atoms with Crippen LogP contribution in [0.25, 0.3) is 0 Å². The largest absolute Gasteiger partial charge is 0.455 e. The molecule has 4 heteroatoms. The van der Waals surface area contributed by atoms with Gasteiger partial charge in [0, 0.05) is 5.41 Å². The van der Waals surface area contributed by atoms with Gasteiger partial charge in [-0.25, -0.2) is 0 Å². The van der Waals surface area contributed by atoms with Gasteiger partial charge in [0.25, 0.3) is 0 Å². The molecule has 2 aromatic carbocycles. The van der Waals surface area contributed by atoms with Crippen LogP contribution in [0.3, 0.4) is 0 Å². The van der Waals surface area contributed by atoms with E-state index in [4.69, 9.17) is 8.92 Å². The number of ether oxygens (including phenoxy) is 1. The van der Waals surface area contributed by atoms with Crippen molar-refractivity contribution in [1.82, 2.24) is 0 Å². The second kappa shape index (κ2) is 6.59. The Balaban J connectivity index is 0.000000170. The van der Waals surface area contributed by atoms with Gasteiger partial charge in [0.15, 0.2) is 0 Å². The molecule has 0 saturated carbocycles. The van der Waals surface area contributed by atoms with Crippen LogP contribution >= 0.6 is 23.8 Å². The van der Waals surface area contributed by atoms with Gasteiger partial charge >= 0.3 is 0 Å². The van der Waals surface area contributed by atoms with E-state index in [0.717, 1.165) is 11.5 Å². The molecule has 0 unspecified atom stereocenters. The molecular formula is C16H12O2S2. The number of rotatable bonds is 0. The number of fused-ring (bicyclic) bond motifs is 2. The van der Waals surface area contributed by atoms with Crippen LogP contribution in [0.5, 0.6) is 11.5 Å². The van der Waals surface area contributed by atoms with Crippen LogP contribution in [-0.4, -0.2) is 0 Å². The second-order valence-corrected chi connectivity index (χ2v) is 5.69. The van der Waals surface area contributed by atoms with Gasteiger partial charge in [-0.2, -0.15) is 0 Å². The monoisotopic (exact) mass is 300 g/mol. The van der Waals surface area contributed by atoms with Crippen molar-refractivity contribution in [3.05, 3.63) is 72.4 Å². The summed E-state index contributed by atoms with van der Waals surface area (Å²) < 4.78 is 10.5. The summed E-state index contributed by atoms with van der Waals surface area (Å²) in [6, 6.07) is 16.2. The van der Waals surface area contributed by atoms with E-state index in [0.29, 0.717) is 0 Å². The molecule has 0 N–H and O–H groups in total. The van der Waals surface area contributed by atoms with Crippen LogP contribution in [0.1, 0.15) is 0 Å². The first-order valence-corrected chi connectivity index (χ1v) is 7.73. The SMILES string of the molecule is C1=COSC=C1.c1ccc2c(c1)Oc1ccccc1S2. The summed E-state index contributed by atoms with van der Waals surface area (Å²) in [5.41, 5.74) is 0. The first-order chi connectivity index (χ1) is 9.93. The van der Waals surface area contributed by atoms with Crippen molar-refractivity contribution in [2.75, 3.05) is 0 Å². The minimum atomic E-state index is 0.955. The van der Waals surface area contributed by atoms with Gasteiger partial charge < -0.3 is 8.92 Å². The summed E-state index contributed by atoms with van der Waals surface area (Å²) in [5, 5.41) is 1.88. The summed E-state index contributed by atoms with van der Waals surface area (Å²) in [6.07, 6.45) is 5.41. The van der Waals surface area contributed by atoms with E-state index in [1.54, 1.807) is 18.0 Å². The van der Waals surface area contributed by atoms with Crippen LogP contribution in [0.2, 0.25) is 0 Å². The lowest BCUT2D eigenvalue weighted by atomic mass is 10.3. The van der Waals surface area contributed by atoms with E-state index in [1.165, 1.54) is 21.8 Å². The van der Waals surface area contributed by atoms with Crippen molar-refractivity contribution >= 4 is 23.8 Å². The molecule has 0 saturated heterocycles. The minimum Gasteiger partial charge on any atom is -0.455 e. The van der Waals surface area contributed by atoms with E-state index >= 15 is 0 Å². The summed E-state index contributed by atoms with van der Waals surface area (Å²) in [7, 11) is 0. The molecule has 0 bridgehead atoms. The number of hydrogen-bond acceptors (Lipinski definition) is 4. The molecule has 0 radical (unpaired) electrons. The van der Waals surface area contributed by atoms with Gasteiger partial charge in [0.05, 0.1) is 21.8 Å². The Hall–Kier alpha value is -1.78. The fourth-order valence-electron chi connectivity index (χ4n) is 1.69. The average molecular weight is 300 g/mol. The topological polar surface area (TPSA) is 18.5 Å². The average Bonchev–Trinajstić information content (AvgIpc) is 2.55. The molecule has 100 valence electrons. The standard InChI is InChI=1S/C12H8OS.C4H4OS/c1-3-7-11-9(5-1)13-10-6-2-4-8-12(10)14-11;1-2-4-6-5-3-1/h1-8H;1-4H. The lowest BCUT2D eigenvalue weighted by Crippen LogP contribution is -1.93. The van der Waals surface area contributed by atoms with Gasteiger partial charge in [-0.15, -0.1) is 0 Å². The normalized spacial score (nSPS) is 14.0. The molecule has 20 heavy (non-hydrogen) atoms. The highest BCUT2D eigenvalue weighted by Crippen LogP contribution is 2.46. The lowest BCUT2D eigenvalue weighted by Gasteiger charge is -2.18. The molecule has 0 aromatic heterocycles. The Labute approximate surface area is 126 Å². The maximum Gasteiger partial charge on any atom is 0.141 e. The van der Waals surface area contributed by atoms with Crippen molar-refractivity contribution in [3.8, 4) is 11.5 Å².